The monoisotopic (exact) mass is 618 g/mol. The lowest BCUT2D eigenvalue weighted by atomic mass is 10.0. The fourth-order valence-corrected chi connectivity index (χ4v) is 9.21. The quantitative estimate of drug-likeness (QED) is 0.0839. The summed E-state index contributed by atoms with van der Waals surface area (Å²) in [6.07, 6.45) is 28.7. The summed E-state index contributed by atoms with van der Waals surface area (Å²) in [6.45, 7) is 4.55. The number of benzene rings is 2. The second-order valence-corrected chi connectivity index (χ2v) is 17.7. The molecule has 0 amide bonds. The third-order valence-electron chi connectivity index (χ3n) is 7.97. The van der Waals surface area contributed by atoms with Crippen LogP contribution in [0.25, 0.3) is 0 Å². The van der Waals surface area contributed by atoms with Crippen molar-refractivity contribution in [3.05, 3.63) is 59.7 Å². The fourth-order valence-electron chi connectivity index (χ4n) is 5.47. The topological polar surface area (TPSA) is 29.5 Å². The smallest absolute Gasteiger partial charge is 0.299 e. The van der Waals surface area contributed by atoms with Gasteiger partial charge in [0.1, 0.15) is 5.75 Å². The van der Waals surface area contributed by atoms with E-state index in [1.807, 2.05) is 18.2 Å². The minimum absolute atomic E-state index is 0.758. The molecule has 0 aliphatic rings. The van der Waals surface area contributed by atoms with Crippen molar-refractivity contribution in [2.24, 2.45) is 0 Å². The molecule has 41 heavy (non-hydrogen) atoms. The van der Waals surface area contributed by atoms with Crippen LogP contribution in [0.1, 0.15) is 153 Å². The van der Waals surface area contributed by atoms with Gasteiger partial charge < -0.3 is 9.42 Å². The third-order valence-corrected chi connectivity index (χ3v) is 11.6. The van der Waals surface area contributed by atoms with Crippen molar-refractivity contribution >= 4 is 28.9 Å². The Bertz CT molecular complexity index is 891. The van der Waals surface area contributed by atoms with E-state index in [9.17, 15) is 4.89 Å². The summed E-state index contributed by atoms with van der Waals surface area (Å²) >= 11 is 7.04. The van der Waals surface area contributed by atoms with Crippen LogP contribution in [0, 0.1) is 0 Å². The van der Waals surface area contributed by atoms with Gasteiger partial charge in [0.25, 0.3) is 5.69 Å². The number of para-hydroxylation sites is 1. The maximum Gasteiger partial charge on any atom is 0.299 e. The standard InChI is InChI=1S/C36H59O2PS2/c1-3-5-7-9-11-13-15-17-19-21-27-33-28-23-25-31-35(33)38-39(37,40)41-36-32-26-24-30-34(36)29-22-20-18-16-14-12-10-8-6-4-2/h23-26,28,30-32H,3-22,27,29H2,1-2H3,(H,37,40). The Morgan fingerprint density at radius 1 is 0.561 bits per heavy atom. The Hall–Kier alpha value is -0.800. The van der Waals surface area contributed by atoms with E-state index < -0.39 is 5.69 Å². The van der Waals surface area contributed by atoms with Gasteiger partial charge in [0, 0.05) is 4.90 Å². The predicted octanol–water partition coefficient (Wildman–Crippen LogP) is 13.0. The zero-order valence-corrected chi connectivity index (χ0v) is 28.8. The highest BCUT2D eigenvalue weighted by atomic mass is 32.9. The van der Waals surface area contributed by atoms with E-state index in [0.29, 0.717) is 0 Å². The molecule has 0 fully saturated rings. The molecule has 5 heteroatoms. The molecule has 0 aliphatic carbocycles. The summed E-state index contributed by atoms with van der Waals surface area (Å²) in [4.78, 5) is 12.3. The van der Waals surface area contributed by atoms with E-state index in [1.54, 1.807) is 0 Å². The zero-order valence-electron chi connectivity index (χ0n) is 26.3. The largest absolute Gasteiger partial charge is 0.436 e. The molecule has 0 heterocycles. The predicted molar refractivity (Wildman–Crippen MR) is 187 cm³/mol. The zero-order chi connectivity index (χ0) is 29.4. The van der Waals surface area contributed by atoms with Gasteiger partial charge in [0.15, 0.2) is 0 Å². The molecule has 0 aromatic heterocycles. The number of rotatable bonds is 26. The second kappa shape index (κ2) is 23.6. The van der Waals surface area contributed by atoms with E-state index >= 15 is 0 Å². The summed E-state index contributed by atoms with van der Waals surface area (Å²) < 4.78 is 6.18. The molecule has 1 atom stereocenters. The highest BCUT2D eigenvalue weighted by Crippen LogP contribution is 2.60. The first-order valence-electron chi connectivity index (χ1n) is 16.9. The molecule has 0 bridgehead atoms. The summed E-state index contributed by atoms with van der Waals surface area (Å²) in [5.41, 5.74) is -0.630. The van der Waals surface area contributed by atoms with Gasteiger partial charge in [0.2, 0.25) is 0 Å². The number of unbranched alkanes of at least 4 members (excludes halogenated alkanes) is 18. The van der Waals surface area contributed by atoms with Crippen molar-refractivity contribution in [2.75, 3.05) is 0 Å². The third kappa shape index (κ3) is 17.8. The van der Waals surface area contributed by atoms with Crippen LogP contribution in [0.2, 0.25) is 0 Å². The highest BCUT2D eigenvalue weighted by Gasteiger charge is 2.21. The molecule has 2 aromatic carbocycles. The molecule has 0 saturated heterocycles. The lowest BCUT2D eigenvalue weighted by molar-refractivity contribution is 0.498. The molecule has 2 aromatic rings. The fraction of sp³-hybridized carbons (Fsp3) is 0.667. The van der Waals surface area contributed by atoms with Gasteiger partial charge in [-0.2, -0.15) is 0 Å². The van der Waals surface area contributed by atoms with E-state index in [0.717, 1.165) is 35.5 Å². The minimum atomic E-state index is -3.07. The van der Waals surface area contributed by atoms with Crippen molar-refractivity contribution in [1.82, 2.24) is 0 Å². The van der Waals surface area contributed by atoms with Crippen molar-refractivity contribution < 1.29 is 9.42 Å². The van der Waals surface area contributed by atoms with Gasteiger partial charge in [-0.15, -0.1) is 0 Å². The average Bonchev–Trinajstić information content (AvgIpc) is 2.96. The van der Waals surface area contributed by atoms with Crippen molar-refractivity contribution in [3.8, 4) is 5.75 Å². The van der Waals surface area contributed by atoms with Gasteiger partial charge in [0.05, 0.1) is 0 Å². The summed E-state index contributed by atoms with van der Waals surface area (Å²) in [5.74, 6) is 0.758. The van der Waals surface area contributed by atoms with Crippen LogP contribution in [0.4, 0.5) is 0 Å². The summed E-state index contributed by atoms with van der Waals surface area (Å²) in [5, 5.41) is 0. The van der Waals surface area contributed by atoms with Crippen LogP contribution in [-0.4, -0.2) is 4.89 Å². The van der Waals surface area contributed by atoms with Crippen molar-refractivity contribution in [3.63, 3.8) is 0 Å². The van der Waals surface area contributed by atoms with Crippen molar-refractivity contribution in [1.29, 1.82) is 0 Å². The molecule has 2 rings (SSSR count). The molecule has 0 saturated carbocycles. The number of hydrogen-bond acceptors (Lipinski definition) is 3. The lowest BCUT2D eigenvalue weighted by Gasteiger charge is -2.20. The molecule has 0 aliphatic heterocycles. The molecular formula is C36H59O2PS2. The first kappa shape index (κ1) is 36.4. The number of hydrogen-bond donors (Lipinski definition) is 1. The molecule has 1 N–H and O–H groups in total. The van der Waals surface area contributed by atoms with Gasteiger partial charge in [-0.05, 0) is 72.1 Å². The Kier molecular flexibility index (Phi) is 21.0. The van der Waals surface area contributed by atoms with Crippen LogP contribution in [-0.2, 0) is 24.6 Å². The maximum absolute atomic E-state index is 11.2. The van der Waals surface area contributed by atoms with Gasteiger partial charge in [-0.1, -0.05) is 166 Å². The van der Waals surface area contributed by atoms with Crippen LogP contribution >= 0.6 is 17.1 Å². The Morgan fingerprint density at radius 3 is 1.46 bits per heavy atom. The van der Waals surface area contributed by atoms with E-state index in [1.165, 1.54) is 139 Å². The molecule has 1 unspecified atom stereocenters. The molecule has 0 radical (unpaired) electrons. The van der Waals surface area contributed by atoms with Crippen molar-refractivity contribution in [2.45, 2.75) is 160 Å². The average molecular weight is 619 g/mol. The minimum Gasteiger partial charge on any atom is -0.436 e. The number of aryl methyl sites for hydroxylation is 2. The molecular weight excluding hydrogens is 560 g/mol. The van der Waals surface area contributed by atoms with Crippen LogP contribution in [0.5, 0.6) is 5.75 Å². The van der Waals surface area contributed by atoms with Gasteiger partial charge in [-0.3, -0.25) is 0 Å². The van der Waals surface area contributed by atoms with Gasteiger partial charge >= 0.3 is 0 Å². The highest BCUT2D eigenvalue weighted by molar-refractivity contribution is 8.67. The van der Waals surface area contributed by atoms with Crippen LogP contribution in [0.3, 0.4) is 0 Å². The SMILES string of the molecule is CCCCCCCCCCCCc1ccccc1OP(O)(=S)Sc1ccccc1CCCCCCCCCCCC. The normalized spacial score (nSPS) is 12.9. The molecule has 0 spiro atoms. The lowest BCUT2D eigenvalue weighted by Crippen LogP contribution is -1.96. The summed E-state index contributed by atoms with van der Waals surface area (Å²) in [6, 6.07) is 16.6. The van der Waals surface area contributed by atoms with E-state index in [4.69, 9.17) is 16.3 Å². The van der Waals surface area contributed by atoms with Gasteiger partial charge in [-0.25, -0.2) is 0 Å². The Balaban J connectivity index is 1.73. The molecule has 232 valence electrons. The van der Waals surface area contributed by atoms with Crippen LogP contribution < -0.4 is 4.52 Å². The first-order chi connectivity index (χ1) is 20.1. The molecule has 2 nitrogen and oxygen atoms in total. The maximum atomic E-state index is 11.2. The second-order valence-electron chi connectivity index (χ2n) is 11.7. The summed E-state index contributed by atoms with van der Waals surface area (Å²) in [7, 11) is 0. The van der Waals surface area contributed by atoms with Crippen LogP contribution in [0.15, 0.2) is 53.4 Å². The van der Waals surface area contributed by atoms with E-state index in [-0.39, 0.29) is 0 Å². The Morgan fingerprint density at radius 2 is 0.951 bits per heavy atom. The van der Waals surface area contributed by atoms with E-state index in [2.05, 4.69) is 44.2 Å². The first-order valence-corrected chi connectivity index (χ1v) is 21.0. The Labute approximate surface area is 262 Å².